The molecule has 28 heavy (non-hydrogen) atoms. The van der Waals surface area contributed by atoms with Gasteiger partial charge in [-0.25, -0.2) is 4.79 Å². The molecule has 0 atom stereocenters. The number of carbonyl (C=O) groups excluding carboxylic acids is 1. The van der Waals surface area contributed by atoms with Crippen molar-refractivity contribution in [2.45, 2.75) is 64.7 Å². The molecule has 148 valence electrons. The first-order chi connectivity index (χ1) is 12.9. The lowest BCUT2D eigenvalue weighted by Crippen LogP contribution is -2.34. The molecule has 0 amide bonds. The van der Waals surface area contributed by atoms with Crippen molar-refractivity contribution in [1.29, 1.82) is 0 Å². The van der Waals surface area contributed by atoms with Gasteiger partial charge >= 0.3 is 5.97 Å². The molecule has 0 spiro atoms. The van der Waals surface area contributed by atoms with Crippen molar-refractivity contribution in [3.63, 3.8) is 0 Å². The molecule has 0 aliphatic heterocycles. The van der Waals surface area contributed by atoms with Crippen LogP contribution in [0.5, 0.6) is 5.75 Å². The van der Waals surface area contributed by atoms with Crippen LogP contribution in [-0.4, -0.2) is 22.0 Å². The van der Waals surface area contributed by atoms with E-state index in [-0.39, 0.29) is 34.3 Å². The number of carboxylic acid groups (broad SMARTS) is 1. The number of rotatable bonds is 4. The lowest BCUT2D eigenvalue weighted by molar-refractivity contribution is 0.0693. The second-order valence-corrected chi connectivity index (χ2v) is 9.23. The summed E-state index contributed by atoms with van der Waals surface area (Å²) < 4.78 is 0. The molecule has 0 heterocycles. The van der Waals surface area contributed by atoms with Gasteiger partial charge in [0.25, 0.3) is 0 Å². The molecule has 2 aromatic carbocycles. The smallest absolute Gasteiger partial charge is 0.339 e. The zero-order chi connectivity index (χ0) is 20.9. The lowest BCUT2D eigenvalue weighted by atomic mass is 9.62. The molecular weight excluding hydrogens is 352 g/mol. The van der Waals surface area contributed by atoms with Gasteiger partial charge < -0.3 is 10.2 Å². The fourth-order valence-corrected chi connectivity index (χ4v) is 4.12. The van der Waals surface area contributed by atoms with Crippen molar-refractivity contribution in [2.24, 2.45) is 0 Å². The molecule has 4 heteroatoms. The number of ketones is 1. The van der Waals surface area contributed by atoms with Gasteiger partial charge in [-0.2, -0.15) is 0 Å². The van der Waals surface area contributed by atoms with Crippen LogP contribution in [0, 0.1) is 6.92 Å². The minimum absolute atomic E-state index is 0.0672. The summed E-state index contributed by atoms with van der Waals surface area (Å²) in [7, 11) is 0. The van der Waals surface area contributed by atoms with Gasteiger partial charge in [-0.05, 0) is 65.0 Å². The Hall–Kier alpha value is -2.62. The number of aromatic carboxylic acids is 1. The Balaban J connectivity index is 1.96. The van der Waals surface area contributed by atoms with Crippen molar-refractivity contribution < 1.29 is 19.8 Å². The van der Waals surface area contributed by atoms with Crippen molar-refractivity contribution in [1.82, 2.24) is 0 Å². The number of aromatic hydroxyl groups is 1. The van der Waals surface area contributed by atoms with E-state index in [4.69, 9.17) is 5.11 Å². The van der Waals surface area contributed by atoms with Crippen LogP contribution in [0.4, 0.5) is 0 Å². The van der Waals surface area contributed by atoms with E-state index in [1.54, 1.807) is 0 Å². The SMILES string of the molecule is Cc1cc2c(cc1CC(=O)c1ccc(C(=O)O)c(O)c1)C(C)(C)CCC2(C)C. The van der Waals surface area contributed by atoms with E-state index >= 15 is 0 Å². The molecule has 3 rings (SSSR count). The average Bonchev–Trinajstić information content (AvgIpc) is 2.60. The number of benzene rings is 2. The zero-order valence-corrected chi connectivity index (χ0v) is 17.2. The number of fused-ring (bicyclic) bond motifs is 1. The summed E-state index contributed by atoms with van der Waals surface area (Å²) in [6, 6.07) is 8.38. The molecule has 1 aliphatic rings. The maximum absolute atomic E-state index is 12.8. The summed E-state index contributed by atoms with van der Waals surface area (Å²) in [6.45, 7) is 11.1. The summed E-state index contributed by atoms with van der Waals surface area (Å²) >= 11 is 0. The van der Waals surface area contributed by atoms with E-state index < -0.39 is 5.97 Å². The highest BCUT2D eigenvalue weighted by Gasteiger charge is 2.37. The number of aryl methyl sites for hydroxylation is 1. The topological polar surface area (TPSA) is 74.6 Å². The normalized spacial score (nSPS) is 17.0. The highest BCUT2D eigenvalue weighted by Crippen LogP contribution is 2.46. The number of hydrogen-bond donors (Lipinski definition) is 2. The summed E-state index contributed by atoms with van der Waals surface area (Å²) in [5, 5.41) is 18.9. The van der Waals surface area contributed by atoms with E-state index in [1.165, 1.54) is 29.3 Å². The predicted octanol–water partition coefficient (Wildman–Crippen LogP) is 5.17. The van der Waals surface area contributed by atoms with E-state index in [2.05, 4.69) is 39.8 Å². The lowest BCUT2D eigenvalue weighted by Gasteiger charge is -2.42. The first kappa shape index (κ1) is 20.1. The molecule has 4 nitrogen and oxygen atoms in total. The van der Waals surface area contributed by atoms with Crippen LogP contribution in [0.1, 0.15) is 83.5 Å². The van der Waals surface area contributed by atoms with Crippen LogP contribution in [0.25, 0.3) is 0 Å². The minimum Gasteiger partial charge on any atom is -0.507 e. The fraction of sp³-hybridized carbons (Fsp3) is 0.417. The van der Waals surface area contributed by atoms with Crippen molar-refractivity contribution in [3.8, 4) is 5.75 Å². The van der Waals surface area contributed by atoms with Gasteiger partial charge in [-0.15, -0.1) is 0 Å². The Morgan fingerprint density at radius 2 is 1.54 bits per heavy atom. The van der Waals surface area contributed by atoms with Crippen LogP contribution in [-0.2, 0) is 17.3 Å². The maximum Gasteiger partial charge on any atom is 0.339 e. The Kier molecular flexibility index (Phi) is 4.86. The monoisotopic (exact) mass is 380 g/mol. The summed E-state index contributed by atoms with van der Waals surface area (Å²) in [6.07, 6.45) is 2.47. The Morgan fingerprint density at radius 3 is 2.07 bits per heavy atom. The Morgan fingerprint density at radius 1 is 0.964 bits per heavy atom. The third kappa shape index (κ3) is 3.56. The molecule has 0 radical (unpaired) electrons. The molecular formula is C24H28O4. The fourth-order valence-electron chi connectivity index (χ4n) is 4.12. The molecule has 0 aromatic heterocycles. The molecule has 1 aliphatic carbocycles. The molecule has 2 N–H and O–H groups in total. The molecule has 0 bridgehead atoms. The Bertz CT molecular complexity index is 967. The van der Waals surface area contributed by atoms with Crippen LogP contribution in [0.15, 0.2) is 30.3 Å². The standard InChI is InChI=1S/C24H28O4/c1-14-10-18-19(24(4,5)9-8-23(18,2)3)11-16(14)13-20(25)15-6-7-17(22(27)28)21(26)12-15/h6-7,10-12,26H,8-9,13H2,1-5H3,(H,27,28). The van der Waals surface area contributed by atoms with Gasteiger partial charge in [-0.1, -0.05) is 45.9 Å². The first-order valence-corrected chi connectivity index (χ1v) is 9.66. The average molecular weight is 380 g/mol. The number of phenols is 1. The largest absolute Gasteiger partial charge is 0.507 e. The van der Waals surface area contributed by atoms with Crippen LogP contribution in [0.2, 0.25) is 0 Å². The van der Waals surface area contributed by atoms with E-state index in [0.29, 0.717) is 5.56 Å². The van der Waals surface area contributed by atoms with E-state index in [0.717, 1.165) is 24.0 Å². The summed E-state index contributed by atoms with van der Waals surface area (Å²) in [5.41, 5.74) is 5.04. The van der Waals surface area contributed by atoms with E-state index in [1.807, 2.05) is 6.92 Å². The molecule has 0 unspecified atom stereocenters. The van der Waals surface area contributed by atoms with Gasteiger partial charge in [0.2, 0.25) is 0 Å². The third-order valence-electron chi connectivity index (χ3n) is 6.21. The zero-order valence-electron chi connectivity index (χ0n) is 17.2. The summed E-state index contributed by atoms with van der Waals surface area (Å²) in [5.74, 6) is -1.74. The maximum atomic E-state index is 12.8. The second kappa shape index (κ2) is 6.77. The quantitative estimate of drug-likeness (QED) is 0.717. The minimum atomic E-state index is -1.22. The number of carboxylic acids is 1. The highest BCUT2D eigenvalue weighted by molar-refractivity contribution is 6.00. The number of hydrogen-bond acceptors (Lipinski definition) is 3. The number of carbonyl (C=O) groups is 2. The number of Topliss-reactive ketones (excluding diaryl/α,β-unsaturated/α-hetero) is 1. The van der Waals surface area contributed by atoms with Gasteiger partial charge in [0.15, 0.2) is 5.78 Å². The van der Waals surface area contributed by atoms with Crippen molar-refractivity contribution >= 4 is 11.8 Å². The predicted molar refractivity (Wildman–Crippen MR) is 110 cm³/mol. The van der Waals surface area contributed by atoms with Crippen molar-refractivity contribution in [3.05, 3.63) is 63.7 Å². The van der Waals surface area contributed by atoms with Gasteiger partial charge in [-0.3, -0.25) is 4.79 Å². The van der Waals surface area contributed by atoms with Gasteiger partial charge in [0.1, 0.15) is 11.3 Å². The van der Waals surface area contributed by atoms with E-state index in [9.17, 15) is 14.7 Å². The van der Waals surface area contributed by atoms with Crippen molar-refractivity contribution in [2.75, 3.05) is 0 Å². The van der Waals surface area contributed by atoms with Crippen LogP contribution in [0.3, 0.4) is 0 Å². The molecule has 0 saturated carbocycles. The Labute approximate surface area is 166 Å². The summed E-state index contributed by atoms with van der Waals surface area (Å²) in [4.78, 5) is 23.8. The van der Waals surface area contributed by atoms with Gasteiger partial charge in [0, 0.05) is 12.0 Å². The van der Waals surface area contributed by atoms with Gasteiger partial charge in [0.05, 0.1) is 0 Å². The molecule has 2 aromatic rings. The first-order valence-electron chi connectivity index (χ1n) is 9.66. The molecule has 0 fully saturated rings. The van der Waals surface area contributed by atoms with Crippen LogP contribution >= 0.6 is 0 Å². The molecule has 0 saturated heterocycles. The second-order valence-electron chi connectivity index (χ2n) is 9.23. The van der Waals surface area contributed by atoms with Crippen LogP contribution < -0.4 is 0 Å². The highest BCUT2D eigenvalue weighted by atomic mass is 16.4. The third-order valence-corrected chi connectivity index (χ3v) is 6.21.